The molecular weight excluding hydrogens is 401 g/mol. The van der Waals surface area contributed by atoms with Gasteiger partial charge in [-0.2, -0.15) is 5.10 Å². The Morgan fingerprint density at radius 3 is 2.69 bits per heavy atom. The van der Waals surface area contributed by atoms with Gasteiger partial charge in [0.25, 0.3) is 0 Å². The maximum Gasteiger partial charge on any atom is 0.164 e. The number of aromatic nitrogens is 2. The van der Waals surface area contributed by atoms with Crippen LogP contribution in [0.4, 0.5) is 10.1 Å². The smallest absolute Gasteiger partial charge is 0.164 e. The van der Waals surface area contributed by atoms with Crippen LogP contribution in [0.5, 0.6) is 0 Å². The summed E-state index contributed by atoms with van der Waals surface area (Å²) in [5.74, 6) is -0.467. The van der Waals surface area contributed by atoms with E-state index in [-0.39, 0.29) is 5.70 Å². The molecule has 6 heteroatoms. The Kier molecular flexibility index (Phi) is 6.32. The molecule has 0 bridgehead atoms. The number of fused-ring (bicyclic) bond motifs is 1. The van der Waals surface area contributed by atoms with Gasteiger partial charge in [-0.3, -0.25) is 10.1 Å². The van der Waals surface area contributed by atoms with Gasteiger partial charge >= 0.3 is 0 Å². The summed E-state index contributed by atoms with van der Waals surface area (Å²) >= 11 is 0. The van der Waals surface area contributed by atoms with E-state index in [9.17, 15) is 4.39 Å². The van der Waals surface area contributed by atoms with E-state index < -0.39 is 5.83 Å². The van der Waals surface area contributed by atoms with Crippen LogP contribution in [0.25, 0.3) is 11.1 Å². The van der Waals surface area contributed by atoms with Crippen molar-refractivity contribution in [3.63, 3.8) is 0 Å². The van der Waals surface area contributed by atoms with Gasteiger partial charge in [0.2, 0.25) is 0 Å². The van der Waals surface area contributed by atoms with E-state index in [0.29, 0.717) is 0 Å². The standard InChI is InChI=1S/C26H28FN5/c1-18(21-5-6-23-17-31(3)12-11-22(23)13-21)28-16-26(27)19(2)32(4)25-9-7-20(8-10-25)24-14-29-30-15-24/h5-10,13-16H,2,11-12,17H2,1,3-4H3,(H,29,30)/b26-16+,28-18+. The van der Waals surface area contributed by atoms with Crippen molar-refractivity contribution < 1.29 is 4.39 Å². The van der Waals surface area contributed by atoms with Crippen molar-refractivity contribution in [3.05, 3.63) is 95.9 Å². The molecule has 164 valence electrons. The first-order chi connectivity index (χ1) is 15.4. The maximum atomic E-state index is 14.8. The minimum atomic E-state index is -0.467. The molecule has 0 radical (unpaired) electrons. The second-order valence-electron chi connectivity index (χ2n) is 8.20. The third-order valence-corrected chi connectivity index (χ3v) is 5.97. The number of nitrogens with zero attached hydrogens (tertiary/aromatic N) is 4. The molecule has 2 aromatic carbocycles. The molecular formula is C26H28FN5. The van der Waals surface area contributed by atoms with E-state index in [0.717, 1.165) is 47.6 Å². The van der Waals surface area contributed by atoms with Crippen LogP contribution < -0.4 is 4.90 Å². The molecule has 0 spiro atoms. The third kappa shape index (κ3) is 4.70. The number of H-pyrrole nitrogens is 1. The third-order valence-electron chi connectivity index (χ3n) is 5.97. The average Bonchev–Trinajstić information content (AvgIpc) is 3.36. The fourth-order valence-corrected chi connectivity index (χ4v) is 3.82. The maximum absolute atomic E-state index is 14.8. The van der Waals surface area contributed by atoms with Crippen molar-refractivity contribution in [1.82, 2.24) is 15.1 Å². The van der Waals surface area contributed by atoms with Gasteiger partial charge in [-0.1, -0.05) is 30.8 Å². The molecule has 0 saturated carbocycles. The zero-order chi connectivity index (χ0) is 22.7. The average molecular weight is 430 g/mol. The molecule has 0 saturated heterocycles. The molecule has 32 heavy (non-hydrogen) atoms. The van der Waals surface area contributed by atoms with Crippen LogP contribution in [0.1, 0.15) is 23.6 Å². The SMILES string of the molecule is C=C(/C(F)=C\N=C(/C)c1ccc2c(c1)CCN(C)C2)N(C)c1ccc(-c2cn[nH]c2)cc1. The monoisotopic (exact) mass is 429 g/mol. The van der Waals surface area contributed by atoms with Crippen molar-refractivity contribution in [2.75, 3.05) is 25.5 Å². The van der Waals surface area contributed by atoms with Gasteiger partial charge in [-0.25, -0.2) is 4.39 Å². The minimum absolute atomic E-state index is 0.256. The first kappa shape index (κ1) is 21.7. The number of halogens is 1. The topological polar surface area (TPSA) is 47.5 Å². The van der Waals surface area contributed by atoms with Gasteiger partial charge in [0.1, 0.15) is 0 Å². The quantitative estimate of drug-likeness (QED) is 0.425. The number of aliphatic imine (C=N–C) groups is 1. The Hall–Kier alpha value is -3.51. The number of aromatic amines is 1. The van der Waals surface area contributed by atoms with Gasteiger partial charge in [0.05, 0.1) is 18.1 Å². The number of likely N-dealkylation sites (N-methyl/N-ethyl adjacent to an activating group) is 2. The van der Waals surface area contributed by atoms with Gasteiger partial charge in [0, 0.05) is 43.3 Å². The Morgan fingerprint density at radius 2 is 1.97 bits per heavy atom. The molecule has 2 heterocycles. The molecule has 1 N–H and O–H groups in total. The molecule has 3 aromatic rings. The van der Waals surface area contributed by atoms with E-state index in [1.807, 2.05) is 37.4 Å². The molecule has 0 amide bonds. The highest BCUT2D eigenvalue weighted by molar-refractivity contribution is 5.99. The first-order valence-electron chi connectivity index (χ1n) is 10.7. The zero-order valence-electron chi connectivity index (χ0n) is 18.8. The predicted molar refractivity (Wildman–Crippen MR) is 129 cm³/mol. The van der Waals surface area contributed by atoms with Crippen LogP contribution in [0.15, 0.2) is 84.2 Å². The number of allylic oxidation sites excluding steroid dienone is 1. The highest BCUT2D eigenvalue weighted by atomic mass is 19.1. The summed E-state index contributed by atoms with van der Waals surface area (Å²) in [5.41, 5.74) is 7.64. The molecule has 0 unspecified atom stereocenters. The second-order valence-corrected chi connectivity index (χ2v) is 8.20. The summed E-state index contributed by atoms with van der Waals surface area (Å²) in [4.78, 5) is 8.40. The largest absolute Gasteiger partial charge is 0.343 e. The van der Waals surface area contributed by atoms with Crippen LogP contribution in [-0.2, 0) is 13.0 Å². The molecule has 1 aromatic heterocycles. The van der Waals surface area contributed by atoms with E-state index in [1.165, 1.54) is 17.3 Å². The fourth-order valence-electron chi connectivity index (χ4n) is 3.82. The molecule has 0 fully saturated rings. The van der Waals surface area contributed by atoms with Crippen LogP contribution in [0.2, 0.25) is 0 Å². The Morgan fingerprint density at radius 1 is 1.19 bits per heavy atom. The van der Waals surface area contributed by atoms with E-state index in [2.05, 4.69) is 51.9 Å². The van der Waals surface area contributed by atoms with E-state index in [4.69, 9.17) is 0 Å². The van der Waals surface area contributed by atoms with Gasteiger partial charge < -0.3 is 9.80 Å². The van der Waals surface area contributed by atoms with Crippen LogP contribution in [0, 0.1) is 0 Å². The van der Waals surface area contributed by atoms with Crippen LogP contribution in [-0.4, -0.2) is 41.4 Å². The lowest BCUT2D eigenvalue weighted by molar-refractivity contribution is 0.313. The van der Waals surface area contributed by atoms with Crippen molar-refractivity contribution in [3.8, 4) is 11.1 Å². The Bertz CT molecular complexity index is 1160. The summed E-state index contributed by atoms with van der Waals surface area (Å²) in [5, 5.41) is 6.77. The summed E-state index contributed by atoms with van der Waals surface area (Å²) < 4.78 is 14.8. The number of anilines is 1. The lowest BCUT2D eigenvalue weighted by Gasteiger charge is -2.25. The van der Waals surface area contributed by atoms with Gasteiger partial charge in [0.15, 0.2) is 5.83 Å². The molecule has 1 aliphatic heterocycles. The molecule has 5 nitrogen and oxygen atoms in total. The van der Waals surface area contributed by atoms with Crippen LogP contribution in [0.3, 0.4) is 0 Å². The number of nitrogens with one attached hydrogen (secondary N) is 1. The second kappa shape index (κ2) is 9.32. The zero-order valence-corrected chi connectivity index (χ0v) is 18.8. The van der Waals surface area contributed by atoms with E-state index in [1.54, 1.807) is 18.1 Å². The molecule has 0 atom stereocenters. The van der Waals surface area contributed by atoms with Crippen molar-refractivity contribution in [1.29, 1.82) is 0 Å². The molecule has 1 aliphatic rings. The minimum Gasteiger partial charge on any atom is -0.343 e. The highest BCUT2D eigenvalue weighted by Crippen LogP contribution is 2.26. The first-order valence-corrected chi connectivity index (χ1v) is 10.7. The number of benzene rings is 2. The fraction of sp³-hybridized carbons (Fsp3) is 0.231. The van der Waals surface area contributed by atoms with Gasteiger partial charge in [-0.05, 0) is 60.8 Å². The molecule has 0 aliphatic carbocycles. The number of hydrogen-bond donors (Lipinski definition) is 1. The van der Waals surface area contributed by atoms with Crippen molar-refractivity contribution in [2.45, 2.75) is 19.9 Å². The molecule has 4 rings (SSSR count). The van der Waals surface area contributed by atoms with E-state index >= 15 is 0 Å². The predicted octanol–water partition coefficient (Wildman–Crippen LogP) is 5.33. The van der Waals surface area contributed by atoms with Crippen LogP contribution >= 0.6 is 0 Å². The highest BCUT2D eigenvalue weighted by Gasteiger charge is 2.14. The van der Waals surface area contributed by atoms with Gasteiger partial charge in [-0.15, -0.1) is 0 Å². The van der Waals surface area contributed by atoms with Crippen molar-refractivity contribution in [2.24, 2.45) is 4.99 Å². The van der Waals surface area contributed by atoms with Crippen molar-refractivity contribution >= 4 is 11.4 Å². The normalized spacial score (nSPS) is 14.9. The summed E-state index contributed by atoms with van der Waals surface area (Å²) in [7, 11) is 3.93. The summed E-state index contributed by atoms with van der Waals surface area (Å²) in [6.45, 7) is 7.84. The Labute approximate surface area is 188 Å². The Balaban J connectivity index is 1.46. The number of hydrogen-bond acceptors (Lipinski definition) is 4. The summed E-state index contributed by atoms with van der Waals surface area (Å²) in [6.07, 6.45) is 5.88. The lowest BCUT2D eigenvalue weighted by atomic mass is 9.96. The lowest BCUT2D eigenvalue weighted by Crippen LogP contribution is -2.26. The number of rotatable bonds is 6. The summed E-state index contributed by atoms with van der Waals surface area (Å²) in [6, 6.07) is 14.2.